The van der Waals surface area contributed by atoms with Crippen LogP contribution in [0.5, 0.6) is 0 Å². The Morgan fingerprint density at radius 1 is 0.815 bits per heavy atom. The zero-order valence-corrected chi connectivity index (χ0v) is 17.3. The third-order valence-electron chi connectivity index (χ3n) is 3.99. The fourth-order valence-electron chi connectivity index (χ4n) is 2.42. The molecule has 0 unspecified atom stereocenters. The number of hydrogen-bond acceptors (Lipinski definition) is 3. The summed E-state index contributed by atoms with van der Waals surface area (Å²) in [6.07, 6.45) is 1.04. The average Bonchev–Trinajstić information content (AvgIpc) is 2.73. The van der Waals surface area contributed by atoms with E-state index in [-0.39, 0.29) is 0 Å². The molecule has 3 rings (SSSR count). The van der Waals surface area contributed by atoms with E-state index in [1.807, 2.05) is 12.1 Å². The molecule has 27 heavy (non-hydrogen) atoms. The fourth-order valence-corrected chi connectivity index (χ4v) is 4.12. The van der Waals surface area contributed by atoms with E-state index in [4.69, 9.17) is 4.99 Å². The summed E-state index contributed by atoms with van der Waals surface area (Å²) in [5, 5.41) is 3.21. The lowest BCUT2D eigenvalue weighted by Crippen LogP contribution is -1.94. The molecule has 0 atom stereocenters. The molecule has 0 aliphatic heterocycles. The number of benzene rings is 3. The van der Waals surface area contributed by atoms with Crippen LogP contribution < -0.4 is 0 Å². The topological polar surface area (TPSA) is 12.4 Å². The molecule has 0 aliphatic carbocycles. The number of nitrogens with zero attached hydrogens (tertiary/aromatic N) is 1. The van der Waals surface area contributed by atoms with Gasteiger partial charge >= 0.3 is 0 Å². The first-order chi connectivity index (χ1) is 13.2. The van der Waals surface area contributed by atoms with Crippen LogP contribution in [0.4, 0.5) is 5.69 Å². The molecule has 0 aliphatic rings. The third kappa shape index (κ3) is 6.16. The molecule has 0 saturated carbocycles. The van der Waals surface area contributed by atoms with Gasteiger partial charge in [0.15, 0.2) is 0 Å². The van der Waals surface area contributed by atoms with Crippen LogP contribution in [0.3, 0.4) is 0 Å². The Morgan fingerprint density at radius 3 is 2.00 bits per heavy atom. The summed E-state index contributed by atoms with van der Waals surface area (Å²) < 4.78 is 0. The van der Waals surface area contributed by atoms with Crippen LogP contribution in [0.25, 0.3) is 0 Å². The zero-order chi connectivity index (χ0) is 18.9. The van der Waals surface area contributed by atoms with Crippen LogP contribution in [-0.4, -0.2) is 5.04 Å². The van der Waals surface area contributed by atoms with E-state index in [9.17, 15) is 0 Å². The lowest BCUT2D eigenvalue weighted by molar-refractivity contribution is 1.14. The number of hydrogen-bond donors (Lipinski definition) is 0. The van der Waals surface area contributed by atoms with Crippen molar-refractivity contribution in [3.63, 3.8) is 0 Å². The minimum atomic E-state index is 0.989. The lowest BCUT2D eigenvalue weighted by atomic mass is 10.1. The molecule has 0 bridgehead atoms. The third-order valence-corrected chi connectivity index (χ3v) is 6.12. The normalized spacial score (nSPS) is 12.2. The van der Waals surface area contributed by atoms with E-state index in [0.717, 1.165) is 22.7 Å². The van der Waals surface area contributed by atoms with Crippen molar-refractivity contribution in [3.8, 4) is 0 Å². The Balaban J connectivity index is 1.87. The molecule has 3 aromatic rings. The molecule has 0 aromatic heterocycles. The predicted octanol–water partition coefficient (Wildman–Crippen LogP) is 7.77. The highest BCUT2D eigenvalue weighted by molar-refractivity contribution is 8.14. The summed E-state index contributed by atoms with van der Waals surface area (Å²) in [7, 11) is 0. The summed E-state index contributed by atoms with van der Waals surface area (Å²) in [4.78, 5) is 7.36. The summed E-state index contributed by atoms with van der Waals surface area (Å²) in [5.41, 5.74) is 3.48. The standard InChI is InChI=1S/C24H23NS2/c1-3-20-14-16-21(17-15-20)25-24(27-23-12-8-5-9-13-23)19(2)18-26-22-10-6-4-7-11-22/h4-18H,3H2,1-2H3. The quantitative estimate of drug-likeness (QED) is 0.242. The van der Waals surface area contributed by atoms with Crippen molar-refractivity contribution in [2.75, 3.05) is 0 Å². The summed E-state index contributed by atoms with van der Waals surface area (Å²) in [5.74, 6) is 0. The Kier molecular flexibility index (Phi) is 7.37. The van der Waals surface area contributed by atoms with E-state index in [2.05, 4.69) is 92.1 Å². The fraction of sp³-hybridized carbons (Fsp3) is 0.125. The van der Waals surface area contributed by atoms with Gasteiger partial charge in [-0.3, -0.25) is 0 Å². The number of aryl methyl sites for hydroxylation is 1. The molecule has 0 saturated heterocycles. The molecular weight excluding hydrogens is 366 g/mol. The van der Waals surface area contributed by atoms with Crippen LogP contribution >= 0.6 is 23.5 Å². The van der Waals surface area contributed by atoms with Crippen LogP contribution in [0.1, 0.15) is 19.4 Å². The Hall–Kier alpha value is -2.23. The summed E-state index contributed by atoms with van der Waals surface area (Å²) in [6, 6.07) is 29.3. The second-order valence-electron chi connectivity index (χ2n) is 6.08. The number of aliphatic imine (C=N–C) groups is 1. The van der Waals surface area contributed by atoms with Gasteiger partial charge in [0.25, 0.3) is 0 Å². The van der Waals surface area contributed by atoms with Crippen molar-refractivity contribution < 1.29 is 0 Å². The molecule has 136 valence electrons. The summed E-state index contributed by atoms with van der Waals surface area (Å²) >= 11 is 3.43. The first kappa shape index (κ1) is 19.5. The van der Waals surface area contributed by atoms with Gasteiger partial charge in [0.1, 0.15) is 5.04 Å². The summed E-state index contributed by atoms with van der Waals surface area (Å²) in [6.45, 7) is 4.30. The molecule has 0 spiro atoms. The van der Waals surface area contributed by atoms with Crippen molar-refractivity contribution in [1.82, 2.24) is 0 Å². The van der Waals surface area contributed by atoms with Crippen LogP contribution in [0, 0.1) is 0 Å². The van der Waals surface area contributed by atoms with Gasteiger partial charge in [-0.1, -0.05) is 79.0 Å². The van der Waals surface area contributed by atoms with Gasteiger partial charge < -0.3 is 0 Å². The van der Waals surface area contributed by atoms with Crippen molar-refractivity contribution in [2.45, 2.75) is 30.1 Å². The average molecular weight is 390 g/mol. The van der Waals surface area contributed by atoms with Gasteiger partial charge in [-0.15, -0.1) is 0 Å². The highest BCUT2D eigenvalue weighted by atomic mass is 32.2. The minimum absolute atomic E-state index is 0.989. The van der Waals surface area contributed by atoms with Crippen molar-refractivity contribution in [3.05, 3.63) is 101 Å². The zero-order valence-electron chi connectivity index (χ0n) is 15.6. The number of rotatable bonds is 6. The molecule has 0 fully saturated rings. The minimum Gasteiger partial charge on any atom is -0.241 e. The van der Waals surface area contributed by atoms with Crippen molar-refractivity contribution >= 4 is 34.3 Å². The molecule has 0 radical (unpaired) electrons. The largest absolute Gasteiger partial charge is 0.241 e. The molecule has 0 amide bonds. The maximum Gasteiger partial charge on any atom is 0.105 e. The Labute approximate surface area is 170 Å². The first-order valence-corrected chi connectivity index (χ1v) is 10.7. The molecule has 0 N–H and O–H groups in total. The van der Waals surface area contributed by atoms with Gasteiger partial charge in [-0.2, -0.15) is 0 Å². The Morgan fingerprint density at radius 2 is 1.41 bits per heavy atom. The van der Waals surface area contributed by atoms with Gasteiger partial charge in [0, 0.05) is 9.79 Å². The molecular formula is C24H23NS2. The second kappa shape index (κ2) is 10.2. The van der Waals surface area contributed by atoms with E-state index >= 15 is 0 Å². The highest BCUT2D eigenvalue weighted by Gasteiger charge is 2.07. The van der Waals surface area contributed by atoms with Crippen LogP contribution in [0.2, 0.25) is 0 Å². The van der Waals surface area contributed by atoms with Gasteiger partial charge in [-0.05, 0) is 66.3 Å². The van der Waals surface area contributed by atoms with Gasteiger partial charge in [0.2, 0.25) is 0 Å². The van der Waals surface area contributed by atoms with Gasteiger partial charge in [0.05, 0.1) is 5.69 Å². The molecule has 0 heterocycles. The van der Waals surface area contributed by atoms with Crippen molar-refractivity contribution in [1.29, 1.82) is 0 Å². The molecule has 1 nitrogen and oxygen atoms in total. The molecule has 3 heteroatoms. The van der Waals surface area contributed by atoms with E-state index in [1.165, 1.54) is 15.4 Å². The highest BCUT2D eigenvalue weighted by Crippen LogP contribution is 2.29. The van der Waals surface area contributed by atoms with E-state index in [1.54, 1.807) is 23.5 Å². The van der Waals surface area contributed by atoms with Crippen LogP contribution in [0.15, 0.2) is 111 Å². The maximum absolute atomic E-state index is 4.94. The molecule has 3 aromatic carbocycles. The predicted molar refractivity (Wildman–Crippen MR) is 121 cm³/mol. The Bertz CT molecular complexity index is 898. The van der Waals surface area contributed by atoms with E-state index in [0.29, 0.717) is 0 Å². The van der Waals surface area contributed by atoms with Crippen LogP contribution in [-0.2, 0) is 6.42 Å². The smallest absolute Gasteiger partial charge is 0.105 e. The maximum atomic E-state index is 4.94. The van der Waals surface area contributed by atoms with Crippen molar-refractivity contribution in [2.24, 2.45) is 4.99 Å². The SMILES string of the molecule is CCc1ccc(N=C(Sc2ccccc2)C(C)=CSc2ccccc2)cc1. The number of thioether (sulfide) groups is 2. The van der Waals surface area contributed by atoms with E-state index < -0.39 is 0 Å². The van der Waals surface area contributed by atoms with Gasteiger partial charge in [-0.25, -0.2) is 4.99 Å². The monoisotopic (exact) mass is 389 g/mol. The lowest BCUT2D eigenvalue weighted by Gasteiger charge is -2.08. The first-order valence-electron chi connectivity index (χ1n) is 9.04. The second-order valence-corrected chi connectivity index (χ2v) is 8.09.